The molecule has 0 aromatic heterocycles. The first-order valence-corrected chi connectivity index (χ1v) is 8.29. The van der Waals surface area contributed by atoms with E-state index >= 15 is 0 Å². The smallest absolute Gasteiger partial charge is 0.261 e. The first-order chi connectivity index (χ1) is 11.5. The normalized spacial score (nSPS) is 16.4. The van der Waals surface area contributed by atoms with Gasteiger partial charge in [0.25, 0.3) is 5.91 Å². The van der Waals surface area contributed by atoms with E-state index in [4.69, 9.17) is 4.74 Å². The van der Waals surface area contributed by atoms with E-state index in [-0.39, 0.29) is 25.5 Å². The Hall–Kier alpha value is -2.34. The molecule has 5 nitrogen and oxygen atoms in total. The molecular formula is C18H15BrNO4-. The van der Waals surface area contributed by atoms with E-state index in [0.717, 1.165) is 15.6 Å². The van der Waals surface area contributed by atoms with E-state index < -0.39 is 12.0 Å². The van der Waals surface area contributed by atoms with Crippen molar-refractivity contribution >= 4 is 27.8 Å². The van der Waals surface area contributed by atoms with Crippen molar-refractivity contribution in [3.8, 4) is 5.75 Å². The van der Waals surface area contributed by atoms with Crippen LogP contribution in [-0.4, -0.2) is 29.4 Å². The molecule has 2 aromatic carbocycles. The van der Waals surface area contributed by atoms with Crippen LogP contribution in [0.25, 0.3) is 0 Å². The van der Waals surface area contributed by atoms with Gasteiger partial charge in [-0.2, -0.15) is 0 Å². The maximum atomic E-state index is 12.5. The Morgan fingerprint density at radius 3 is 2.46 bits per heavy atom. The number of benzene rings is 2. The summed E-state index contributed by atoms with van der Waals surface area (Å²) in [6, 6.07) is 13.6. The van der Waals surface area contributed by atoms with E-state index in [9.17, 15) is 14.7 Å². The molecule has 24 heavy (non-hydrogen) atoms. The summed E-state index contributed by atoms with van der Waals surface area (Å²) >= 11 is 3.32. The zero-order chi connectivity index (χ0) is 17.1. The monoisotopic (exact) mass is 388 g/mol. The summed E-state index contributed by atoms with van der Waals surface area (Å²) in [4.78, 5) is 25.2. The molecule has 3 rings (SSSR count). The first-order valence-electron chi connectivity index (χ1n) is 7.50. The number of halogens is 1. The van der Waals surface area contributed by atoms with Crippen LogP contribution in [-0.2, 0) is 22.6 Å². The van der Waals surface area contributed by atoms with Gasteiger partial charge < -0.3 is 19.5 Å². The number of carbonyl (C=O) groups excluding carboxylic acids is 2. The quantitative estimate of drug-likeness (QED) is 0.796. The number of carboxylic acids is 1. The molecule has 0 N–H and O–H groups in total. The Kier molecular flexibility index (Phi) is 4.85. The van der Waals surface area contributed by atoms with Crippen LogP contribution < -0.4 is 9.84 Å². The van der Waals surface area contributed by atoms with Crippen LogP contribution in [0.5, 0.6) is 5.75 Å². The van der Waals surface area contributed by atoms with Gasteiger partial charge in [0.2, 0.25) is 0 Å². The molecule has 1 heterocycles. The number of amides is 1. The Balaban J connectivity index is 1.72. The van der Waals surface area contributed by atoms with E-state index in [0.29, 0.717) is 5.75 Å². The SMILES string of the molecule is O=C([O-])[C@@H]1Cc2ccccc2CN1C(=O)COc1ccc(Br)cc1. The number of hydrogen-bond acceptors (Lipinski definition) is 4. The third kappa shape index (κ3) is 3.59. The van der Waals surface area contributed by atoms with Crippen molar-refractivity contribution in [2.75, 3.05) is 6.61 Å². The summed E-state index contributed by atoms with van der Waals surface area (Å²) in [6.07, 6.45) is 0.253. The summed E-state index contributed by atoms with van der Waals surface area (Å²) in [6.45, 7) is 0.0327. The highest BCUT2D eigenvalue weighted by Gasteiger charge is 2.30. The van der Waals surface area contributed by atoms with Gasteiger partial charge in [-0.25, -0.2) is 0 Å². The van der Waals surface area contributed by atoms with Crippen LogP contribution in [0.2, 0.25) is 0 Å². The lowest BCUT2D eigenvalue weighted by atomic mass is 9.94. The molecule has 1 atom stereocenters. The van der Waals surface area contributed by atoms with Crippen LogP contribution in [0.15, 0.2) is 53.0 Å². The summed E-state index contributed by atoms with van der Waals surface area (Å²) in [5.41, 5.74) is 1.89. The zero-order valence-corrected chi connectivity index (χ0v) is 14.4. The molecule has 0 fully saturated rings. The maximum Gasteiger partial charge on any atom is 0.261 e. The van der Waals surface area contributed by atoms with Gasteiger partial charge in [0.1, 0.15) is 5.75 Å². The minimum atomic E-state index is -1.25. The largest absolute Gasteiger partial charge is 0.548 e. The summed E-state index contributed by atoms with van der Waals surface area (Å²) < 4.78 is 6.37. The molecule has 0 unspecified atom stereocenters. The highest BCUT2D eigenvalue weighted by atomic mass is 79.9. The number of ether oxygens (including phenoxy) is 1. The lowest BCUT2D eigenvalue weighted by molar-refractivity contribution is -0.311. The van der Waals surface area contributed by atoms with E-state index in [1.165, 1.54) is 4.90 Å². The molecule has 1 aliphatic rings. The lowest BCUT2D eigenvalue weighted by Gasteiger charge is -2.37. The molecule has 0 saturated carbocycles. The van der Waals surface area contributed by atoms with Crippen LogP contribution in [0.1, 0.15) is 11.1 Å². The molecule has 0 spiro atoms. The minimum absolute atomic E-state index is 0.215. The Morgan fingerprint density at radius 2 is 1.79 bits per heavy atom. The first kappa shape index (κ1) is 16.5. The van der Waals surface area contributed by atoms with Gasteiger partial charge in [0.15, 0.2) is 6.61 Å². The average Bonchev–Trinajstić information content (AvgIpc) is 2.59. The predicted octanol–water partition coefficient (Wildman–Crippen LogP) is 1.53. The minimum Gasteiger partial charge on any atom is -0.548 e. The number of hydrogen-bond donors (Lipinski definition) is 0. The zero-order valence-electron chi connectivity index (χ0n) is 12.8. The molecule has 0 radical (unpaired) electrons. The second kappa shape index (κ2) is 7.05. The number of nitrogens with zero attached hydrogens (tertiary/aromatic N) is 1. The number of carboxylic acid groups (broad SMARTS) is 1. The van der Waals surface area contributed by atoms with Gasteiger partial charge in [0.05, 0.1) is 12.0 Å². The molecule has 124 valence electrons. The molecule has 1 aliphatic heterocycles. The number of aliphatic carboxylic acids is 1. The molecule has 6 heteroatoms. The van der Waals surface area contributed by atoms with Gasteiger partial charge in [-0.15, -0.1) is 0 Å². The van der Waals surface area contributed by atoms with Crippen LogP contribution in [0.3, 0.4) is 0 Å². The van der Waals surface area contributed by atoms with Crippen molar-refractivity contribution in [1.82, 2.24) is 4.90 Å². The standard InChI is InChI=1S/C18H16BrNO4/c19-14-5-7-15(8-6-14)24-11-17(21)20-10-13-4-2-1-3-12(13)9-16(20)18(22)23/h1-8,16H,9-11H2,(H,22,23)/p-1/t16-/m0/s1. The van der Waals surface area contributed by atoms with Gasteiger partial charge in [-0.3, -0.25) is 4.79 Å². The topological polar surface area (TPSA) is 69.7 Å². The summed E-state index contributed by atoms with van der Waals surface area (Å²) in [7, 11) is 0. The lowest BCUT2D eigenvalue weighted by Crippen LogP contribution is -2.54. The average molecular weight is 389 g/mol. The summed E-state index contributed by atoms with van der Waals surface area (Å²) in [5.74, 6) is -1.07. The summed E-state index contributed by atoms with van der Waals surface area (Å²) in [5, 5.41) is 11.4. The van der Waals surface area contributed by atoms with Crippen molar-refractivity contribution in [1.29, 1.82) is 0 Å². The Bertz CT molecular complexity index is 760. The molecular weight excluding hydrogens is 374 g/mol. The predicted molar refractivity (Wildman–Crippen MR) is 89.1 cm³/mol. The van der Waals surface area contributed by atoms with Gasteiger partial charge in [0, 0.05) is 11.0 Å². The van der Waals surface area contributed by atoms with Crippen molar-refractivity contribution in [3.63, 3.8) is 0 Å². The third-order valence-corrected chi connectivity index (χ3v) is 4.55. The molecule has 1 amide bonds. The molecule has 0 saturated heterocycles. The third-order valence-electron chi connectivity index (χ3n) is 4.02. The van der Waals surface area contributed by atoms with Gasteiger partial charge >= 0.3 is 0 Å². The Morgan fingerprint density at radius 1 is 1.12 bits per heavy atom. The highest BCUT2D eigenvalue weighted by Crippen LogP contribution is 2.23. The number of rotatable bonds is 4. The fraction of sp³-hybridized carbons (Fsp3) is 0.222. The molecule has 0 bridgehead atoms. The fourth-order valence-electron chi connectivity index (χ4n) is 2.75. The van der Waals surface area contributed by atoms with Crippen LogP contribution in [0, 0.1) is 0 Å². The van der Waals surface area contributed by atoms with E-state index in [1.807, 2.05) is 24.3 Å². The number of fused-ring (bicyclic) bond motifs is 1. The van der Waals surface area contributed by atoms with Crippen molar-refractivity contribution in [2.45, 2.75) is 19.0 Å². The second-order valence-electron chi connectivity index (χ2n) is 5.57. The van der Waals surface area contributed by atoms with Crippen LogP contribution in [0.4, 0.5) is 0 Å². The number of carbonyl (C=O) groups is 2. The van der Waals surface area contributed by atoms with Crippen molar-refractivity contribution in [2.24, 2.45) is 0 Å². The van der Waals surface area contributed by atoms with Crippen molar-refractivity contribution in [3.05, 3.63) is 64.1 Å². The second-order valence-corrected chi connectivity index (χ2v) is 6.49. The molecule has 2 aromatic rings. The van der Waals surface area contributed by atoms with Gasteiger partial charge in [-0.1, -0.05) is 40.2 Å². The Labute approximate surface area is 148 Å². The van der Waals surface area contributed by atoms with Crippen LogP contribution >= 0.6 is 15.9 Å². The fourth-order valence-corrected chi connectivity index (χ4v) is 3.02. The van der Waals surface area contributed by atoms with Gasteiger partial charge in [-0.05, 0) is 41.8 Å². The highest BCUT2D eigenvalue weighted by molar-refractivity contribution is 9.10. The maximum absolute atomic E-state index is 12.5. The van der Waals surface area contributed by atoms with E-state index in [2.05, 4.69) is 15.9 Å². The molecule has 0 aliphatic carbocycles. The van der Waals surface area contributed by atoms with E-state index in [1.54, 1.807) is 24.3 Å². The van der Waals surface area contributed by atoms with Crippen molar-refractivity contribution < 1.29 is 19.4 Å².